The number of hydrogen-bond donors (Lipinski definition) is 2. The lowest BCUT2D eigenvalue weighted by Crippen LogP contribution is -2.45. The van der Waals surface area contributed by atoms with Crippen LogP contribution in [0.25, 0.3) is 0 Å². The molecule has 1 aliphatic rings. The van der Waals surface area contributed by atoms with Gasteiger partial charge in [-0.3, -0.25) is 4.90 Å². The Morgan fingerprint density at radius 3 is 2.56 bits per heavy atom. The molecule has 0 aromatic heterocycles. The highest BCUT2D eigenvalue weighted by Crippen LogP contribution is 2.12. The quantitative estimate of drug-likeness (QED) is 0.772. The Balaban J connectivity index is 2.35. The minimum absolute atomic E-state index is 0.0419. The van der Waals surface area contributed by atoms with Gasteiger partial charge in [-0.15, -0.1) is 0 Å². The molecule has 0 bridgehead atoms. The largest absolute Gasteiger partial charge is 0.405 e. The number of alkyl halides is 3. The summed E-state index contributed by atoms with van der Waals surface area (Å²) in [6, 6.07) is -0.682. The van der Waals surface area contributed by atoms with Crippen molar-refractivity contribution in [3.8, 4) is 0 Å². The number of amides is 2. The zero-order valence-corrected chi connectivity index (χ0v) is 10.0. The van der Waals surface area contributed by atoms with Crippen molar-refractivity contribution in [2.75, 3.05) is 45.9 Å². The van der Waals surface area contributed by atoms with Crippen molar-refractivity contribution in [1.82, 2.24) is 15.1 Å². The van der Waals surface area contributed by atoms with Crippen LogP contribution in [0.15, 0.2) is 0 Å². The van der Waals surface area contributed by atoms with Crippen LogP contribution in [0.4, 0.5) is 18.0 Å². The minimum Gasteiger partial charge on any atom is -0.395 e. The molecule has 0 unspecified atom stereocenters. The van der Waals surface area contributed by atoms with Crippen LogP contribution in [0.5, 0.6) is 0 Å². The second-order valence-electron chi connectivity index (χ2n) is 4.18. The fourth-order valence-electron chi connectivity index (χ4n) is 1.83. The minimum atomic E-state index is -4.38. The van der Waals surface area contributed by atoms with E-state index in [2.05, 4.69) is 0 Å². The van der Waals surface area contributed by atoms with E-state index in [1.807, 2.05) is 10.2 Å². The molecule has 5 nitrogen and oxygen atoms in total. The Morgan fingerprint density at radius 2 is 1.94 bits per heavy atom. The first-order valence-electron chi connectivity index (χ1n) is 5.85. The van der Waals surface area contributed by atoms with Gasteiger partial charge in [-0.2, -0.15) is 13.2 Å². The van der Waals surface area contributed by atoms with Gasteiger partial charge in [0.2, 0.25) is 0 Å². The smallest absolute Gasteiger partial charge is 0.395 e. The van der Waals surface area contributed by atoms with Gasteiger partial charge >= 0.3 is 12.2 Å². The maximum atomic E-state index is 12.0. The van der Waals surface area contributed by atoms with Crippen LogP contribution in [0, 0.1) is 0 Å². The number of carbonyl (C=O) groups excluding carboxylic acids is 1. The topological polar surface area (TPSA) is 55.8 Å². The summed E-state index contributed by atoms with van der Waals surface area (Å²) in [6.07, 6.45) is -3.69. The van der Waals surface area contributed by atoms with Gasteiger partial charge < -0.3 is 15.3 Å². The Hall–Kier alpha value is -1.02. The molecule has 0 aliphatic carbocycles. The highest BCUT2D eigenvalue weighted by atomic mass is 19.4. The number of aliphatic hydroxyl groups excluding tert-OH is 1. The summed E-state index contributed by atoms with van der Waals surface area (Å²) >= 11 is 0. The third kappa shape index (κ3) is 5.54. The van der Waals surface area contributed by atoms with Crippen LogP contribution in [0.1, 0.15) is 6.42 Å². The third-order valence-corrected chi connectivity index (χ3v) is 2.73. The van der Waals surface area contributed by atoms with E-state index in [1.165, 1.54) is 4.90 Å². The van der Waals surface area contributed by atoms with Crippen LogP contribution in [0.3, 0.4) is 0 Å². The van der Waals surface area contributed by atoms with Crippen LogP contribution < -0.4 is 5.32 Å². The maximum absolute atomic E-state index is 12.0. The molecule has 2 amide bonds. The first kappa shape index (κ1) is 15.0. The first-order valence-corrected chi connectivity index (χ1v) is 5.85. The van der Waals surface area contributed by atoms with Gasteiger partial charge in [-0.1, -0.05) is 0 Å². The number of nitrogens with zero attached hydrogens (tertiary/aromatic N) is 2. The lowest BCUT2D eigenvalue weighted by Gasteiger charge is -2.22. The normalized spacial score (nSPS) is 18.6. The van der Waals surface area contributed by atoms with Gasteiger partial charge in [0.1, 0.15) is 6.54 Å². The maximum Gasteiger partial charge on any atom is 0.405 e. The summed E-state index contributed by atoms with van der Waals surface area (Å²) in [5.74, 6) is 0. The van der Waals surface area contributed by atoms with E-state index in [9.17, 15) is 18.0 Å². The van der Waals surface area contributed by atoms with Gasteiger partial charge in [0.05, 0.1) is 6.61 Å². The van der Waals surface area contributed by atoms with E-state index in [1.54, 1.807) is 0 Å². The molecule has 0 aromatic carbocycles. The number of hydrogen-bond acceptors (Lipinski definition) is 3. The van der Waals surface area contributed by atoms with Crippen LogP contribution in [-0.4, -0.2) is 73.0 Å². The highest BCUT2D eigenvalue weighted by Gasteiger charge is 2.29. The third-order valence-electron chi connectivity index (χ3n) is 2.73. The van der Waals surface area contributed by atoms with E-state index >= 15 is 0 Å². The molecule has 8 heteroatoms. The average molecular weight is 269 g/mol. The predicted octanol–water partition coefficient (Wildman–Crippen LogP) is 0.258. The van der Waals surface area contributed by atoms with Gasteiger partial charge in [0, 0.05) is 26.2 Å². The van der Waals surface area contributed by atoms with E-state index in [0.29, 0.717) is 32.6 Å². The molecule has 1 heterocycles. The number of nitrogens with one attached hydrogen (secondary N) is 1. The molecule has 1 saturated heterocycles. The molecule has 18 heavy (non-hydrogen) atoms. The Kier molecular flexibility index (Phi) is 5.67. The molecule has 1 rings (SSSR count). The van der Waals surface area contributed by atoms with Crippen LogP contribution in [-0.2, 0) is 0 Å². The van der Waals surface area contributed by atoms with Gasteiger partial charge in [0.25, 0.3) is 0 Å². The molecule has 0 aromatic rings. The van der Waals surface area contributed by atoms with Gasteiger partial charge in [0.15, 0.2) is 0 Å². The number of urea groups is 1. The van der Waals surface area contributed by atoms with Crippen molar-refractivity contribution in [2.24, 2.45) is 0 Å². The second-order valence-corrected chi connectivity index (χ2v) is 4.18. The Bertz CT molecular complexity index is 274. The van der Waals surface area contributed by atoms with Crippen molar-refractivity contribution in [3.05, 3.63) is 0 Å². The molecule has 1 aliphatic heterocycles. The molecule has 0 saturated carbocycles. The van der Waals surface area contributed by atoms with E-state index < -0.39 is 18.8 Å². The Labute approximate surface area is 104 Å². The molecule has 1 fully saturated rings. The van der Waals surface area contributed by atoms with E-state index in [4.69, 9.17) is 5.11 Å². The second kappa shape index (κ2) is 6.79. The number of rotatable bonds is 3. The summed E-state index contributed by atoms with van der Waals surface area (Å²) in [4.78, 5) is 14.9. The summed E-state index contributed by atoms with van der Waals surface area (Å²) in [5.41, 5.74) is 0. The number of halogens is 3. The Morgan fingerprint density at radius 1 is 1.22 bits per heavy atom. The summed E-state index contributed by atoms with van der Waals surface area (Å²) in [6.45, 7) is 1.39. The van der Waals surface area contributed by atoms with E-state index in [0.717, 1.165) is 6.54 Å². The lowest BCUT2D eigenvalue weighted by atomic mass is 10.4. The zero-order chi connectivity index (χ0) is 13.6. The van der Waals surface area contributed by atoms with Crippen molar-refractivity contribution in [2.45, 2.75) is 12.6 Å². The standard InChI is InChI=1S/C10H18F3N3O2/c11-10(12,13)8-14-9(18)16-3-1-2-15(4-5-16)6-7-17/h17H,1-8H2,(H,14,18). The zero-order valence-electron chi connectivity index (χ0n) is 10.0. The van der Waals surface area contributed by atoms with E-state index in [-0.39, 0.29) is 6.61 Å². The molecule has 2 N–H and O–H groups in total. The number of carbonyl (C=O) groups is 1. The van der Waals surface area contributed by atoms with Gasteiger partial charge in [-0.25, -0.2) is 4.79 Å². The molecular formula is C10H18F3N3O2. The van der Waals surface area contributed by atoms with Crippen molar-refractivity contribution in [1.29, 1.82) is 0 Å². The SMILES string of the molecule is O=C(NCC(F)(F)F)N1CCCN(CCO)CC1. The number of β-amino-alcohol motifs (C(OH)–C–C–N with tert-alkyl or cyclic N) is 1. The van der Waals surface area contributed by atoms with Crippen LogP contribution in [0.2, 0.25) is 0 Å². The first-order chi connectivity index (χ1) is 8.42. The molecule has 106 valence electrons. The monoisotopic (exact) mass is 269 g/mol. The predicted molar refractivity (Wildman–Crippen MR) is 59.2 cm³/mol. The van der Waals surface area contributed by atoms with Crippen molar-refractivity contribution >= 4 is 6.03 Å². The summed E-state index contributed by atoms with van der Waals surface area (Å²) in [7, 11) is 0. The molecular weight excluding hydrogens is 251 g/mol. The molecule has 0 atom stereocenters. The fraction of sp³-hybridized carbons (Fsp3) is 0.900. The van der Waals surface area contributed by atoms with Crippen molar-refractivity contribution in [3.63, 3.8) is 0 Å². The summed E-state index contributed by atoms with van der Waals surface area (Å²) < 4.78 is 35.9. The summed E-state index contributed by atoms with van der Waals surface area (Å²) in [5, 5.41) is 10.7. The average Bonchev–Trinajstić information content (AvgIpc) is 2.51. The molecule has 0 radical (unpaired) electrons. The number of aliphatic hydroxyl groups is 1. The fourth-order valence-corrected chi connectivity index (χ4v) is 1.83. The molecule has 0 spiro atoms. The highest BCUT2D eigenvalue weighted by molar-refractivity contribution is 5.74. The lowest BCUT2D eigenvalue weighted by molar-refractivity contribution is -0.123. The van der Waals surface area contributed by atoms with Crippen molar-refractivity contribution < 1.29 is 23.1 Å². The van der Waals surface area contributed by atoms with Crippen LogP contribution >= 0.6 is 0 Å². The van der Waals surface area contributed by atoms with Gasteiger partial charge in [-0.05, 0) is 13.0 Å².